The quantitative estimate of drug-likeness (QED) is 0.825. The molecule has 3 nitrogen and oxygen atoms in total. The Morgan fingerprint density at radius 3 is 2.50 bits per heavy atom. The molecular formula is C14H21N3S. The highest BCUT2D eigenvalue weighted by Gasteiger charge is 2.33. The van der Waals surface area contributed by atoms with Crippen LogP contribution in [0, 0.1) is 0 Å². The Hall–Kier alpha value is -1.13. The van der Waals surface area contributed by atoms with E-state index in [-0.39, 0.29) is 5.54 Å². The van der Waals surface area contributed by atoms with E-state index in [0.717, 1.165) is 26.2 Å². The smallest absolute Gasteiger partial charge is 0.166 e. The number of hydrogen-bond acceptors (Lipinski definition) is 2. The first-order chi connectivity index (χ1) is 8.49. The van der Waals surface area contributed by atoms with Crippen LogP contribution >= 0.6 is 12.2 Å². The van der Waals surface area contributed by atoms with E-state index >= 15 is 0 Å². The van der Waals surface area contributed by atoms with Gasteiger partial charge in [0.2, 0.25) is 0 Å². The minimum atomic E-state index is 0.0948. The lowest BCUT2D eigenvalue weighted by molar-refractivity contribution is 0.0428. The summed E-state index contributed by atoms with van der Waals surface area (Å²) in [5, 5.41) is 0.516. The minimum Gasteiger partial charge on any atom is -0.376 e. The summed E-state index contributed by atoms with van der Waals surface area (Å²) < 4.78 is 0. The zero-order valence-corrected chi connectivity index (χ0v) is 11.9. The molecule has 1 aromatic carbocycles. The summed E-state index contributed by atoms with van der Waals surface area (Å²) >= 11 is 5.07. The highest BCUT2D eigenvalue weighted by atomic mass is 32.1. The molecule has 0 saturated carbocycles. The van der Waals surface area contributed by atoms with Crippen LogP contribution in [0.2, 0.25) is 0 Å². The molecule has 0 radical (unpaired) electrons. The van der Waals surface area contributed by atoms with Gasteiger partial charge in [0.25, 0.3) is 0 Å². The molecule has 2 N–H and O–H groups in total. The van der Waals surface area contributed by atoms with Gasteiger partial charge in [0.15, 0.2) is 5.11 Å². The Morgan fingerprint density at radius 1 is 1.28 bits per heavy atom. The second kappa shape index (κ2) is 5.24. The summed E-state index contributed by atoms with van der Waals surface area (Å²) in [4.78, 5) is 4.59. The molecule has 4 heteroatoms. The molecule has 0 spiro atoms. The van der Waals surface area contributed by atoms with Crippen molar-refractivity contribution in [1.82, 2.24) is 9.80 Å². The van der Waals surface area contributed by atoms with Gasteiger partial charge >= 0.3 is 0 Å². The summed E-state index contributed by atoms with van der Waals surface area (Å²) in [6.07, 6.45) is 0. The molecule has 1 aliphatic rings. The van der Waals surface area contributed by atoms with Gasteiger partial charge in [-0.15, -0.1) is 0 Å². The van der Waals surface area contributed by atoms with Crippen LogP contribution in [0.25, 0.3) is 0 Å². The van der Waals surface area contributed by atoms with Crippen molar-refractivity contribution in [2.45, 2.75) is 25.9 Å². The minimum absolute atomic E-state index is 0.0948. The van der Waals surface area contributed by atoms with Crippen LogP contribution in [0.1, 0.15) is 19.4 Å². The summed E-state index contributed by atoms with van der Waals surface area (Å²) in [6.45, 7) is 8.31. The zero-order chi connectivity index (χ0) is 13.2. The fourth-order valence-corrected chi connectivity index (χ4v) is 2.63. The van der Waals surface area contributed by atoms with E-state index in [9.17, 15) is 0 Å². The molecule has 0 aromatic heterocycles. The van der Waals surface area contributed by atoms with Crippen molar-refractivity contribution in [3.05, 3.63) is 35.9 Å². The standard InChI is InChI=1S/C14H21N3S/c1-14(2)11-16(13(15)18)8-9-17(14)10-12-6-4-3-5-7-12/h3-7H,8-11H2,1-2H3,(H2,15,18). The summed E-state index contributed by atoms with van der Waals surface area (Å²) in [6, 6.07) is 10.6. The van der Waals surface area contributed by atoms with E-state index in [1.807, 2.05) is 0 Å². The van der Waals surface area contributed by atoms with Crippen molar-refractivity contribution in [2.75, 3.05) is 19.6 Å². The largest absolute Gasteiger partial charge is 0.376 e. The Balaban J connectivity index is 2.05. The first-order valence-corrected chi connectivity index (χ1v) is 6.73. The highest BCUT2D eigenvalue weighted by molar-refractivity contribution is 7.80. The van der Waals surface area contributed by atoms with Gasteiger partial charge in [-0.1, -0.05) is 30.3 Å². The topological polar surface area (TPSA) is 32.5 Å². The van der Waals surface area contributed by atoms with Crippen molar-refractivity contribution in [3.8, 4) is 0 Å². The predicted molar refractivity (Wildman–Crippen MR) is 79.3 cm³/mol. The van der Waals surface area contributed by atoms with Crippen LogP contribution in [0.4, 0.5) is 0 Å². The van der Waals surface area contributed by atoms with Gasteiger partial charge in [0.1, 0.15) is 0 Å². The molecule has 0 amide bonds. The van der Waals surface area contributed by atoms with Crippen molar-refractivity contribution in [2.24, 2.45) is 5.73 Å². The third kappa shape index (κ3) is 3.00. The molecule has 2 rings (SSSR count). The van der Waals surface area contributed by atoms with Gasteiger partial charge in [-0.05, 0) is 31.6 Å². The molecule has 0 unspecified atom stereocenters. The number of nitrogens with two attached hydrogens (primary N) is 1. The van der Waals surface area contributed by atoms with Crippen molar-refractivity contribution >= 4 is 17.3 Å². The van der Waals surface area contributed by atoms with E-state index in [1.165, 1.54) is 5.56 Å². The van der Waals surface area contributed by atoms with E-state index in [4.69, 9.17) is 18.0 Å². The van der Waals surface area contributed by atoms with Gasteiger partial charge in [-0.25, -0.2) is 0 Å². The van der Waals surface area contributed by atoms with Crippen molar-refractivity contribution in [3.63, 3.8) is 0 Å². The lowest BCUT2D eigenvalue weighted by Gasteiger charge is -2.47. The molecule has 0 bridgehead atoms. The van der Waals surface area contributed by atoms with Gasteiger partial charge in [0, 0.05) is 31.7 Å². The maximum Gasteiger partial charge on any atom is 0.166 e. The van der Waals surface area contributed by atoms with Crippen LogP contribution in [-0.4, -0.2) is 40.1 Å². The molecule has 98 valence electrons. The van der Waals surface area contributed by atoms with Gasteiger partial charge in [-0.2, -0.15) is 0 Å². The summed E-state index contributed by atoms with van der Waals surface area (Å²) in [5.74, 6) is 0. The zero-order valence-electron chi connectivity index (χ0n) is 11.1. The molecule has 1 saturated heterocycles. The summed E-state index contributed by atoms with van der Waals surface area (Å²) in [5.41, 5.74) is 7.18. The Bertz CT molecular complexity index is 416. The average molecular weight is 263 g/mol. The van der Waals surface area contributed by atoms with Crippen molar-refractivity contribution in [1.29, 1.82) is 0 Å². The van der Waals surface area contributed by atoms with Gasteiger partial charge in [0.05, 0.1) is 0 Å². The Labute approximate surface area is 115 Å². The van der Waals surface area contributed by atoms with E-state index in [0.29, 0.717) is 5.11 Å². The van der Waals surface area contributed by atoms with Crippen LogP contribution in [-0.2, 0) is 6.54 Å². The molecule has 1 aromatic rings. The second-order valence-electron chi connectivity index (χ2n) is 5.48. The van der Waals surface area contributed by atoms with Gasteiger partial charge < -0.3 is 10.6 Å². The molecule has 1 aliphatic heterocycles. The monoisotopic (exact) mass is 263 g/mol. The highest BCUT2D eigenvalue weighted by Crippen LogP contribution is 2.23. The fraction of sp³-hybridized carbons (Fsp3) is 0.500. The van der Waals surface area contributed by atoms with Gasteiger partial charge in [-0.3, -0.25) is 4.90 Å². The van der Waals surface area contributed by atoms with Crippen LogP contribution in [0.3, 0.4) is 0 Å². The average Bonchev–Trinajstić information content (AvgIpc) is 2.32. The summed E-state index contributed by atoms with van der Waals surface area (Å²) in [7, 11) is 0. The first-order valence-electron chi connectivity index (χ1n) is 6.32. The molecule has 18 heavy (non-hydrogen) atoms. The third-order valence-corrected chi connectivity index (χ3v) is 3.86. The van der Waals surface area contributed by atoms with Crippen molar-refractivity contribution < 1.29 is 0 Å². The van der Waals surface area contributed by atoms with E-state index < -0.39 is 0 Å². The number of benzene rings is 1. The molecular weight excluding hydrogens is 242 g/mol. The van der Waals surface area contributed by atoms with Crippen LogP contribution in [0.15, 0.2) is 30.3 Å². The Kier molecular flexibility index (Phi) is 3.88. The second-order valence-corrected chi connectivity index (χ2v) is 5.90. The predicted octanol–water partition coefficient (Wildman–Crippen LogP) is 1.83. The maximum atomic E-state index is 5.73. The van der Waals surface area contributed by atoms with E-state index in [2.05, 4.69) is 54.0 Å². The number of hydrogen-bond donors (Lipinski definition) is 1. The molecule has 1 fully saturated rings. The molecule has 0 aliphatic carbocycles. The first kappa shape index (κ1) is 13.3. The van der Waals surface area contributed by atoms with Crippen LogP contribution in [0.5, 0.6) is 0 Å². The number of nitrogens with zero attached hydrogens (tertiary/aromatic N) is 2. The number of thiocarbonyl (C=S) groups is 1. The SMILES string of the molecule is CC1(C)CN(C(N)=S)CCN1Cc1ccccc1. The molecule has 0 atom stereocenters. The number of piperazine rings is 1. The van der Waals surface area contributed by atoms with Crippen LogP contribution < -0.4 is 5.73 Å². The maximum absolute atomic E-state index is 5.73. The van der Waals surface area contributed by atoms with E-state index in [1.54, 1.807) is 0 Å². The normalized spacial score (nSPS) is 19.8. The number of rotatable bonds is 2. The lowest BCUT2D eigenvalue weighted by Crippen LogP contribution is -2.60. The fourth-order valence-electron chi connectivity index (χ4n) is 2.48. The Morgan fingerprint density at radius 2 is 1.94 bits per heavy atom. The molecule has 1 heterocycles. The lowest BCUT2D eigenvalue weighted by atomic mass is 9.98. The third-order valence-electron chi connectivity index (χ3n) is 3.60.